The van der Waals surface area contributed by atoms with E-state index >= 15 is 0 Å². The van der Waals surface area contributed by atoms with Crippen LogP contribution in [0.1, 0.15) is 33.1 Å². The lowest BCUT2D eigenvalue weighted by atomic mass is 9.88. The Morgan fingerprint density at radius 2 is 1.18 bits per heavy atom. The van der Waals surface area contributed by atoms with Crippen LogP contribution in [0.25, 0.3) is 0 Å². The lowest BCUT2D eigenvalue weighted by molar-refractivity contribution is -0.129. The minimum Gasteiger partial charge on any atom is -1.00 e. The molecule has 3 nitrogen and oxygen atoms in total. The summed E-state index contributed by atoms with van der Waals surface area (Å²) in [6, 6.07) is 33.0. The molecule has 0 atom stereocenters. The maximum Gasteiger partial charge on any atom is 0.225 e. The molecule has 182 valence electrons. The van der Waals surface area contributed by atoms with Gasteiger partial charge in [-0.2, -0.15) is 0 Å². The first-order valence-electron chi connectivity index (χ1n) is 12.0. The summed E-state index contributed by atoms with van der Waals surface area (Å²) in [6.45, 7) is 5.62. The third kappa shape index (κ3) is 7.01. The molecule has 0 bridgehead atoms. The Bertz CT molecular complexity index is 884. The molecule has 0 aliphatic rings. The number of carbonyl (C=O) groups excluding carboxylic acids is 1. The highest BCUT2D eigenvalue weighted by atomic mass is 79.9. The van der Waals surface area contributed by atoms with Crippen molar-refractivity contribution in [1.29, 1.82) is 0 Å². The minimum atomic E-state index is -1.79. The van der Waals surface area contributed by atoms with Gasteiger partial charge in [0, 0.05) is 12.0 Å². The largest absolute Gasteiger partial charge is 1.00 e. The molecule has 3 aromatic rings. The van der Waals surface area contributed by atoms with E-state index in [0.717, 1.165) is 38.5 Å². The molecule has 0 aliphatic heterocycles. The molecular formula is C29H38BrN2OP. The Morgan fingerprint density at radius 3 is 1.59 bits per heavy atom. The topological polar surface area (TPSA) is 41.1 Å². The van der Waals surface area contributed by atoms with Crippen molar-refractivity contribution in [2.24, 2.45) is 5.41 Å². The van der Waals surface area contributed by atoms with Gasteiger partial charge < -0.3 is 27.6 Å². The fourth-order valence-electron chi connectivity index (χ4n) is 4.35. The van der Waals surface area contributed by atoms with Crippen molar-refractivity contribution < 1.29 is 21.8 Å². The van der Waals surface area contributed by atoms with Crippen LogP contribution in [0.2, 0.25) is 0 Å². The normalized spacial score (nSPS) is 11.5. The van der Waals surface area contributed by atoms with Crippen molar-refractivity contribution in [1.82, 2.24) is 10.6 Å². The van der Waals surface area contributed by atoms with Crippen molar-refractivity contribution in [3.05, 3.63) is 91.0 Å². The molecular weight excluding hydrogens is 503 g/mol. The average molecular weight is 542 g/mol. The Balaban J connectivity index is 0.00000408. The van der Waals surface area contributed by atoms with E-state index in [0.29, 0.717) is 0 Å². The molecule has 0 aromatic heterocycles. The lowest BCUT2D eigenvalue weighted by Gasteiger charge is -2.28. The quantitative estimate of drug-likeness (QED) is 0.270. The summed E-state index contributed by atoms with van der Waals surface area (Å²) < 4.78 is 0. The van der Waals surface area contributed by atoms with E-state index in [9.17, 15) is 4.79 Å². The van der Waals surface area contributed by atoms with Crippen molar-refractivity contribution in [2.75, 3.05) is 26.3 Å². The van der Waals surface area contributed by atoms with Gasteiger partial charge in [-0.05, 0) is 69.3 Å². The van der Waals surface area contributed by atoms with Crippen LogP contribution >= 0.6 is 7.26 Å². The number of benzene rings is 3. The van der Waals surface area contributed by atoms with E-state index in [4.69, 9.17) is 0 Å². The zero-order valence-corrected chi connectivity index (χ0v) is 23.1. The Labute approximate surface area is 216 Å². The number of carbonyl (C=O) groups is 1. The van der Waals surface area contributed by atoms with Gasteiger partial charge in [-0.3, -0.25) is 4.79 Å². The van der Waals surface area contributed by atoms with Gasteiger partial charge in [0.25, 0.3) is 0 Å². The first-order chi connectivity index (χ1) is 16.0. The summed E-state index contributed by atoms with van der Waals surface area (Å²) in [4.78, 5) is 12.7. The summed E-state index contributed by atoms with van der Waals surface area (Å²) in [5, 5.41) is 10.6. The fourth-order valence-corrected chi connectivity index (χ4v) is 8.76. The SMILES string of the molecule is CNCCC(C)(C)C(=O)NCCCC[P+](c1ccccc1)(c1ccccc1)c1ccccc1.[Br-]. The standard InChI is InChI=1S/C29H37N2OP.BrH/c1-29(2,21-23-30-3)28(32)31-22-13-14-24-33(25-15-7-4-8-16-25,26-17-9-5-10-18-26)27-19-11-6-12-20-27;/h4-12,15-20,30H,13-14,21-24H2,1-3H3;1H. The van der Waals surface area contributed by atoms with Gasteiger partial charge in [-0.15, -0.1) is 0 Å². The van der Waals surface area contributed by atoms with Crippen LogP contribution in [0.4, 0.5) is 0 Å². The predicted octanol–water partition coefficient (Wildman–Crippen LogP) is 1.52. The summed E-state index contributed by atoms with van der Waals surface area (Å²) in [5.41, 5.74) is -0.349. The lowest BCUT2D eigenvalue weighted by Crippen LogP contribution is -3.00. The number of rotatable bonds is 12. The van der Waals surface area contributed by atoms with E-state index in [1.54, 1.807) is 0 Å². The van der Waals surface area contributed by atoms with Crippen LogP contribution in [0.5, 0.6) is 0 Å². The van der Waals surface area contributed by atoms with Crippen LogP contribution in [0, 0.1) is 5.41 Å². The van der Waals surface area contributed by atoms with E-state index in [-0.39, 0.29) is 28.3 Å². The molecule has 1 amide bonds. The van der Waals surface area contributed by atoms with Crippen LogP contribution in [-0.4, -0.2) is 32.2 Å². The molecule has 0 saturated heterocycles. The van der Waals surface area contributed by atoms with Crippen molar-refractivity contribution in [2.45, 2.75) is 33.1 Å². The summed E-state index contributed by atoms with van der Waals surface area (Å²) >= 11 is 0. The molecule has 0 spiro atoms. The number of unbranched alkanes of at least 4 members (excludes halogenated alkanes) is 1. The zero-order valence-electron chi connectivity index (χ0n) is 20.6. The second-order valence-corrected chi connectivity index (χ2v) is 12.9. The van der Waals surface area contributed by atoms with Gasteiger partial charge in [-0.1, -0.05) is 68.4 Å². The molecule has 34 heavy (non-hydrogen) atoms. The molecule has 0 radical (unpaired) electrons. The van der Waals surface area contributed by atoms with Crippen LogP contribution < -0.4 is 43.5 Å². The zero-order chi connectivity index (χ0) is 23.6. The number of hydrogen-bond acceptors (Lipinski definition) is 2. The number of amides is 1. The highest BCUT2D eigenvalue weighted by Gasteiger charge is 2.44. The molecule has 0 aliphatic carbocycles. The first kappa shape index (κ1) is 28.2. The van der Waals surface area contributed by atoms with Crippen molar-refractivity contribution >= 4 is 29.1 Å². The second kappa shape index (κ2) is 13.8. The highest BCUT2D eigenvalue weighted by molar-refractivity contribution is 7.95. The second-order valence-electron chi connectivity index (χ2n) is 9.24. The maximum absolute atomic E-state index is 12.7. The van der Waals surface area contributed by atoms with E-state index in [1.165, 1.54) is 15.9 Å². The summed E-state index contributed by atoms with van der Waals surface area (Å²) in [7, 11) is 0.141. The molecule has 0 heterocycles. The predicted molar refractivity (Wildman–Crippen MR) is 145 cm³/mol. The highest BCUT2D eigenvalue weighted by Crippen LogP contribution is 2.55. The third-order valence-electron chi connectivity index (χ3n) is 6.41. The van der Waals surface area contributed by atoms with Crippen LogP contribution in [0.3, 0.4) is 0 Å². The molecule has 0 saturated carbocycles. The molecule has 3 aromatic carbocycles. The van der Waals surface area contributed by atoms with Gasteiger partial charge in [0.2, 0.25) is 5.91 Å². The number of hydrogen-bond donors (Lipinski definition) is 2. The van der Waals surface area contributed by atoms with Gasteiger partial charge in [0.1, 0.15) is 23.2 Å². The van der Waals surface area contributed by atoms with Gasteiger partial charge in [-0.25, -0.2) is 0 Å². The Morgan fingerprint density at radius 1 is 0.735 bits per heavy atom. The Kier molecular flexibility index (Phi) is 11.4. The maximum atomic E-state index is 12.7. The first-order valence-corrected chi connectivity index (χ1v) is 14.0. The van der Waals surface area contributed by atoms with Crippen LogP contribution in [-0.2, 0) is 4.79 Å². The van der Waals surface area contributed by atoms with Gasteiger partial charge >= 0.3 is 0 Å². The molecule has 2 N–H and O–H groups in total. The van der Waals surface area contributed by atoms with Crippen molar-refractivity contribution in [3.63, 3.8) is 0 Å². The van der Waals surface area contributed by atoms with E-state index in [1.807, 2.05) is 20.9 Å². The van der Waals surface area contributed by atoms with Gasteiger partial charge in [0.05, 0.1) is 6.16 Å². The molecule has 0 unspecified atom stereocenters. The number of nitrogens with one attached hydrogen (secondary N) is 2. The average Bonchev–Trinajstić information content (AvgIpc) is 2.86. The number of halogens is 1. The Hall–Kier alpha value is -2.00. The van der Waals surface area contributed by atoms with E-state index < -0.39 is 7.26 Å². The fraction of sp³-hybridized carbons (Fsp3) is 0.345. The van der Waals surface area contributed by atoms with E-state index in [2.05, 4.69) is 102 Å². The van der Waals surface area contributed by atoms with Gasteiger partial charge in [0.15, 0.2) is 0 Å². The monoisotopic (exact) mass is 540 g/mol. The van der Waals surface area contributed by atoms with Crippen LogP contribution in [0.15, 0.2) is 91.0 Å². The molecule has 3 rings (SSSR count). The third-order valence-corrected chi connectivity index (χ3v) is 10.9. The summed E-state index contributed by atoms with van der Waals surface area (Å²) in [5.74, 6) is 0.146. The molecule has 5 heteroatoms. The smallest absolute Gasteiger partial charge is 0.225 e. The van der Waals surface area contributed by atoms with Crippen molar-refractivity contribution in [3.8, 4) is 0 Å². The summed E-state index contributed by atoms with van der Waals surface area (Å²) in [6.07, 6.45) is 3.95. The molecule has 0 fully saturated rings. The minimum absolute atomic E-state index is 0.